The summed E-state index contributed by atoms with van der Waals surface area (Å²) in [6.07, 6.45) is -0.517. The van der Waals surface area contributed by atoms with E-state index in [9.17, 15) is 19.2 Å². The van der Waals surface area contributed by atoms with Crippen molar-refractivity contribution in [1.29, 1.82) is 0 Å². The lowest BCUT2D eigenvalue weighted by Crippen LogP contribution is -2.46. The molecule has 0 saturated carbocycles. The summed E-state index contributed by atoms with van der Waals surface area (Å²) in [7, 11) is 0. The van der Waals surface area contributed by atoms with Crippen LogP contribution in [0.2, 0.25) is 0 Å². The lowest BCUT2D eigenvalue weighted by atomic mass is 10.4. The highest BCUT2D eigenvalue weighted by atomic mass is 16.8. The minimum Gasteiger partial charge on any atom is -0.318 e. The van der Waals surface area contributed by atoms with E-state index in [2.05, 4.69) is 9.36 Å². The van der Waals surface area contributed by atoms with E-state index in [-0.39, 0.29) is 9.85 Å². The van der Waals surface area contributed by atoms with Crippen molar-refractivity contribution in [3.8, 4) is 0 Å². The molecule has 1 N–H and O–H groups in total. The summed E-state index contributed by atoms with van der Waals surface area (Å²) in [6, 6.07) is 0. The molecule has 14 heavy (non-hydrogen) atoms. The number of rotatable bonds is 1. The third-order valence-corrected chi connectivity index (χ3v) is 1.47. The monoisotopic (exact) mass is 201 g/mol. The molecule has 0 aromatic carbocycles. The van der Waals surface area contributed by atoms with E-state index in [0.29, 0.717) is 0 Å². The number of H-pyrrole nitrogens is 1. The number of hydroxylamine groups is 1. The van der Waals surface area contributed by atoms with Crippen LogP contribution < -0.4 is 16.6 Å². The quantitative estimate of drug-likeness (QED) is 0.500. The molecule has 9 heteroatoms. The van der Waals surface area contributed by atoms with E-state index in [1.165, 1.54) is 0 Å². The third kappa shape index (κ3) is 1.02. The molecule has 1 aliphatic heterocycles. The van der Waals surface area contributed by atoms with E-state index in [4.69, 9.17) is 0 Å². The van der Waals surface area contributed by atoms with Crippen molar-refractivity contribution in [3.63, 3.8) is 0 Å². The average molecular weight is 201 g/mol. The van der Waals surface area contributed by atoms with Crippen molar-refractivity contribution < 1.29 is 18.9 Å². The Bertz CT molecular complexity index is 479. The maximum absolute atomic E-state index is 11.0. The SMILES string of the molecule is O=C1CC(=O)N(n2c(=O)[nH]oc2=O)O1. The summed E-state index contributed by atoms with van der Waals surface area (Å²) in [5.41, 5.74) is -1.00. The van der Waals surface area contributed by atoms with E-state index < -0.39 is 29.7 Å². The molecule has 0 atom stereocenters. The molecular weight excluding hydrogens is 198 g/mol. The third-order valence-electron chi connectivity index (χ3n) is 1.47. The summed E-state index contributed by atoms with van der Waals surface area (Å²) in [5.74, 6) is -2.80. The van der Waals surface area contributed by atoms with Crippen molar-refractivity contribution >= 4 is 11.9 Å². The highest BCUT2D eigenvalue weighted by Gasteiger charge is 2.34. The molecule has 0 radical (unpaired) electrons. The van der Waals surface area contributed by atoms with Gasteiger partial charge in [-0.05, 0) is 0 Å². The van der Waals surface area contributed by atoms with E-state index in [0.717, 1.165) is 0 Å². The fourth-order valence-electron chi connectivity index (χ4n) is 0.936. The molecule has 1 saturated heterocycles. The molecule has 1 aromatic rings. The summed E-state index contributed by atoms with van der Waals surface area (Å²) in [6.45, 7) is 0. The zero-order valence-electron chi connectivity index (χ0n) is 6.55. The molecule has 0 aliphatic carbocycles. The maximum atomic E-state index is 11.0. The van der Waals surface area contributed by atoms with Gasteiger partial charge < -0.3 is 9.36 Å². The standard InChI is InChI=1S/C5H3N3O6/c9-2-1-3(10)14-8(2)7-4(11)6-13-5(7)12/h1H2,(H,6,11). The van der Waals surface area contributed by atoms with Crippen molar-refractivity contribution in [2.75, 3.05) is 5.17 Å². The van der Waals surface area contributed by atoms with Gasteiger partial charge in [0.1, 0.15) is 6.42 Å². The second kappa shape index (κ2) is 2.58. The summed E-state index contributed by atoms with van der Waals surface area (Å²) >= 11 is 0. The first kappa shape index (κ1) is 8.29. The second-order valence-electron chi connectivity index (χ2n) is 2.39. The molecule has 9 nitrogen and oxygen atoms in total. The summed E-state index contributed by atoms with van der Waals surface area (Å²) in [4.78, 5) is 47.7. The molecule has 0 spiro atoms. The van der Waals surface area contributed by atoms with Crippen LogP contribution in [-0.2, 0) is 14.4 Å². The van der Waals surface area contributed by atoms with Gasteiger partial charge >= 0.3 is 17.4 Å². The predicted molar refractivity (Wildman–Crippen MR) is 37.5 cm³/mol. The van der Waals surface area contributed by atoms with Crippen LogP contribution >= 0.6 is 0 Å². The van der Waals surface area contributed by atoms with Crippen LogP contribution in [0.15, 0.2) is 14.1 Å². The molecule has 1 aromatic heterocycles. The largest absolute Gasteiger partial charge is 0.465 e. The number of carbonyl (C=O) groups excluding carboxylic acids is 2. The minimum atomic E-state index is -1.14. The van der Waals surface area contributed by atoms with Crippen molar-refractivity contribution in [2.24, 2.45) is 0 Å². The van der Waals surface area contributed by atoms with Gasteiger partial charge in [0.25, 0.3) is 5.91 Å². The van der Waals surface area contributed by atoms with Crippen LogP contribution in [0.3, 0.4) is 0 Å². The second-order valence-corrected chi connectivity index (χ2v) is 2.39. The lowest BCUT2D eigenvalue weighted by molar-refractivity contribution is -0.142. The predicted octanol–water partition coefficient (Wildman–Crippen LogP) is -2.54. The highest BCUT2D eigenvalue weighted by Crippen LogP contribution is 2.03. The molecule has 2 heterocycles. The van der Waals surface area contributed by atoms with E-state index in [1.54, 1.807) is 5.16 Å². The van der Waals surface area contributed by atoms with Crippen LogP contribution in [0.1, 0.15) is 6.42 Å². The smallest absolute Gasteiger partial charge is 0.318 e. The molecule has 0 bridgehead atoms. The van der Waals surface area contributed by atoms with Crippen molar-refractivity contribution in [1.82, 2.24) is 9.83 Å². The number of nitrogens with one attached hydrogen (secondary N) is 1. The van der Waals surface area contributed by atoms with Crippen molar-refractivity contribution in [3.05, 3.63) is 21.0 Å². The fourth-order valence-corrected chi connectivity index (χ4v) is 0.936. The Morgan fingerprint density at radius 1 is 1.21 bits per heavy atom. The summed E-state index contributed by atoms with van der Waals surface area (Å²) in [5, 5.41) is 1.94. The van der Waals surface area contributed by atoms with Crippen LogP contribution in [0.25, 0.3) is 0 Å². The lowest BCUT2D eigenvalue weighted by Gasteiger charge is -2.08. The first-order valence-electron chi connectivity index (χ1n) is 3.44. The van der Waals surface area contributed by atoms with Gasteiger partial charge in [-0.15, -0.1) is 0 Å². The first-order valence-corrected chi connectivity index (χ1v) is 3.44. The number of aromatic amines is 1. The van der Waals surface area contributed by atoms with E-state index in [1.807, 2.05) is 0 Å². The van der Waals surface area contributed by atoms with Gasteiger partial charge in [-0.25, -0.2) is 14.4 Å². The van der Waals surface area contributed by atoms with Crippen LogP contribution in [0.5, 0.6) is 0 Å². The number of hydrogen-bond acceptors (Lipinski definition) is 6. The topological polar surface area (TPSA) is 115 Å². The zero-order valence-corrected chi connectivity index (χ0v) is 6.55. The van der Waals surface area contributed by atoms with Gasteiger partial charge in [0.05, 0.1) is 0 Å². The van der Waals surface area contributed by atoms with Crippen LogP contribution in [0, 0.1) is 0 Å². The van der Waals surface area contributed by atoms with Gasteiger partial charge in [-0.2, -0.15) is 5.16 Å². The van der Waals surface area contributed by atoms with Gasteiger partial charge in [0, 0.05) is 0 Å². The first-order chi connectivity index (χ1) is 6.59. The molecule has 1 fully saturated rings. The average Bonchev–Trinajstić information content (AvgIpc) is 2.57. The fraction of sp³-hybridized carbons (Fsp3) is 0.200. The van der Waals surface area contributed by atoms with E-state index >= 15 is 0 Å². The molecule has 1 aliphatic rings. The van der Waals surface area contributed by atoms with Crippen molar-refractivity contribution in [2.45, 2.75) is 6.42 Å². The molecular formula is C5H3N3O6. The van der Waals surface area contributed by atoms with Gasteiger partial charge in [-0.1, -0.05) is 9.85 Å². The minimum absolute atomic E-state index is 0.243. The Balaban J connectivity index is 2.51. The normalized spacial score (nSPS) is 16.1. The maximum Gasteiger partial charge on any atom is 0.465 e. The number of amides is 1. The number of hydrogen-bond donors (Lipinski definition) is 1. The van der Waals surface area contributed by atoms with Gasteiger partial charge in [0.15, 0.2) is 0 Å². The Morgan fingerprint density at radius 3 is 2.36 bits per heavy atom. The van der Waals surface area contributed by atoms with Crippen LogP contribution in [0.4, 0.5) is 0 Å². The molecule has 0 unspecified atom stereocenters. The molecule has 2 rings (SSSR count). The highest BCUT2D eigenvalue weighted by molar-refractivity contribution is 6.04. The Morgan fingerprint density at radius 2 is 1.93 bits per heavy atom. The molecule has 74 valence electrons. The zero-order chi connectivity index (χ0) is 10.3. The number of carbonyl (C=O) groups is 2. The Kier molecular flexibility index (Phi) is 1.53. The van der Waals surface area contributed by atoms with Crippen LogP contribution in [-0.4, -0.2) is 21.7 Å². The summed E-state index contributed by atoms with van der Waals surface area (Å²) < 4.78 is 4.32. The Hall–Kier alpha value is -2.32. The Labute approximate surface area is 74.4 Å². The number of aromatic nitrogens is 2. The van der Waals surface area contributed by atoms with Gasteiger partial charge in [-0.3, -0.25) is 4.79 Å². The number of nitrogens with zero attached hydrogens (tertiary/aromatic N) is 2. The molecule has 1 amide bonds. The van der Waals surface area contributed by atoms with Gasteiger partial charge in [0.2, 0.25) is 0 Å².